The molecule has 1 saturated heterocycles. The monoisotopic (exact) mass is 403 g/mol. The van der Waals surface area contributed by atoms with Gasteiger partial charge in [-0.25, -0.2) is 8.42 Å². The van der Waals surface area contributed by atoms with Gasteiger partial charge in [0.1, 0.15) is 11.1 Å². The Morgan fingerprint density at radius 3 is 2.52 bits per heavy atom. The number of nitrogens with zero attached hydrogens (tertiary/aromatic N) is 2. The van der Waals surface area contributed by atoms with E-state index in [9.17, 15) is 18.5 Å². The topological polar surface area (TPSA) is 90.3 Å². The predicted molar refractivity (Wildman–Crippen MR) is 106 cm³/mol. The van der Waals surface area contributed by atoms with Gasteiger partial charge in [-0.1, -0.05) is 18.6 Å². The fraction of sp³-hybridized carbons (Fsp3) is 0.368. The minimum atomic E-state index is -3.74. The van der Waals surface area contributed by atoms with Gasteiger partial charge < -0.3 is 5.32 Å². The van der Waals surface area contributed by atoms with Crippen molar-refractivity contribution < 1.29 is 13.2 Å². The number of nitrogens with one attached hydrogen (secondary N) is 1. The Balaban J connectivity index is 1.95. The number of nitriles is 1. The summed E-state index contributed by atoms with van der Waals surface area (Å²) in [7, 11) is -3.74. The van der Waals surface area contributed by atoms with Gasteiger partial charge in [0.15, 0.2) is 0 Å². The van der Waals surface area contributed by atoms with Gasteiger partial charge in [-0.05, 0) is 44.4 Å². The maximum Gasteiger partial charge on any atom is 0.257 e. The molecule has 1 N–H and O–H groups in total. The zero-order valence-corrected chi connectivity index (χ0v) is 16.9. The molecule has 1 aromatic heterocycles. The number of anilines is 1. The minimum Gasteiger partial charge on any atom is -0.312 e. The molecule has 0 saturated carbocycles. The SMILES string of the molecule is Cc1sc(NC(=O)c2ccccc2S(=O)(=O)N2CCCCC2)c(C#N)c1C. The van der Waals surface area contributed by atoms with Gasteiger partial charge in [-0.2, -0.15) is 9.57 Å². The molecule has 1 aliphatic rings. The lowest BCUT2D eigenvalue weighted by Gasteiger charge is -2.26. The highest BCUT2D eigenvalue weighted by Gasteiger charge is 2.30. The Hall–Kier alpha value is -2.21. The van der Waals surface area contributed by atoms with Crippen LogP contribution >= 0.6 is 11.3 Å². The number of hydrogen-bond acceptors (Lipinski definition) is 5. The smallest absolute Gasteiger partial charge is 0.257 e. The van der Waals surface area contributed by atoms with Crippen LogP contribution in [0.3, 0.4) is 0 Å². The highest BCUT2D eigenvalue weighted by atomic mass is 32.2. The second-order valence-electron chi connectivity index (χ2n) is 6.51. The van der Waals surface area contributed by atoms with Crippen LogP contribution < -0.4 is 5.32 Å². The molecule has 0 radical (unpaired) electrons. The molecule has 3 rings (SSSR count). The van der Waals surface area contributed by atoms with Crippen LogP contribution in [0.2, 0.25) is 0 Å². The molecule has 1 amide bonds. The zero-order valence-electron chi connectivity index (χ0n) is 15.3. The first-order valence-corrected chi connectivity index (χ1v) is 11.0. The quantitative estimate of drug-likeness (QED) is 0.843. The van der Waals surface area contributed by atoms with E-state index in [0.29, 0.717) is 23.7 Å². The van der Waals surface area contributed by atoms with E-state index in [1.54, 1.807) is 12.1 Å². The fourth-order valence-electron chi connectivity index (χ4n) is 3.14. The van der Waals surface area contributed by atoms with E-state index in [1.807, 2.05) is 13.8 Å². The van der Waals surface area contributed by atoms with Crippen LogP contribution in [0, 0.1) is 25.2 Å². The molecule has 0 bridgehead atoms. The summed E-state index contributed by atoms with van der Waals surface area (Å²) in [5, 5.41) is 12.5. The van der Waals surface area contributed by atoms with E-state index in [0.717, 1.165) is 29.7 Å². The lowest BCUT2D eigenvalue weighted by molar-refractivity contribution is 0.102. The average molecular weight is 404 g/mol. The Kier molecular flexibility index (Phi) is 5.65. The van der Waals surface area contributed by atoms with Crippen LogP contribution in [0.15, 0.2) is 29.2 Å². The van der Waals surface area contributed by atoms with Crippen molar-refractivity contribution >= 4 is 32.3 Å². The second kappa shape index (κ2) is 7.80. The third-order valence-corrected chi connectivity index (χ3v) is 7.87. The predicted octanol–water partition coefficient (Wildman–Crippen LogP) is 3.66. The molecule has 0 spiro atoms. The molecule has 0 aliphatic carbocycles. The highest BCUT2D eigenvalue weighted by molar-refractivity contribution is 7.89. The number of piperidine rings is 1. The van der Waals surface area contributed by atoms with Crippen molar-refractivity contribution in [2.45, 2.75) is 38.0 Å². The first kappa shape index (κ1) is 19.5. The molecule has 142 valence electrons. The van der Waals surface area contributed by atoms with Gasteiger partial charge in [0.2, 0.25) is 10.0 Å². The lowest BCUT2D eigenvalue weighted by atomic mass is 10.1. The van der Waals surface area contributed by atoms with Gasteiger partial charge in [0.05, 0.1) is 16.0 Å². The number of rotatable bonds is 4. The van der Waals surface area contributed by atoms with Gasteiger partial charge in [-0.3, -0.25) is 4.79 Å². The van der Waals surface area contributed by atoms with Crippen molar-refractivity contribution in [3.63, 3.8) is 0 Å². The molecule has 0 atom stereocenters. The first-order chi connectivity index (χ1) is 12.9. The standard InChI is InChI=1S/C19H21N3O3S2/c1-13-14(2)26-19(16(13)12-20)21-18(23)15-8-4-5-9-17(15)27(24,25)22-10-6-3-7-11-22/h4-5,8-9H,3,6-7,10-11H2,1-2H3,(H,21,23). The van der Waals surface area contributed by atoms with Gasteiger partial charge >= 0.3 is 0 Å². The van der Waals surface area contributed by atoms with Gasteiger partial charge in [0.25, 0.3) is 5.91 Å². The fourth-order valence-corrected chi connectivity index (χ4v) is 5.86. The van der Waals surface area contributed by atoms with Crippen molar-refractivity contribution in [1.82, 2.24) is 4.31 Å². The largest absolute Gasteiger partial charge is 0.312 e. The number of hydrogen-bond donors (Lipinski definition) is 1. The molecule has 2 heterocycles. The van der Waals surface area contributed by atoms with Crippen LogP contribution in [-0.2, 0) is 10.0 Å². The summed E-state index contributed by atoms with van der Waals surface area (Å²) >= 11 is 1.32. The number of aryl methyl sites for hydroxylation is 1. The summed E-state index contributed by atoms with van der Waals surface area (Å²) in [5.74, 6) is -0.524. The van der Waals surface area contributed by atoms with Crippen molar-refractivity contribution in [2.24, 2.45) is 0 Å². The Morgan fingerprint density at radius 2 is 1.85 bits per heavy atom. The minimum absolute atomic E-state index is 0.00732. The third-order valence-electron chi connectivity index (χ3n) is 4.79. The molecule has 1 fully saturated rings. The van der Waals surface area contributed by atoms with E-state index < -0.39 is 15.9 Å². The Labute approximate surface area is 163 Å². The van der Waals surface area contributed by atoms with Crippen molar-refractivity contribution in [2.75, 3.05) is 18.4 Å². The van der Waals surface area contributed by atoms with Crippen LogP contribution in [-0.4, -0.2) is 31.7 Å². The van der Waals surface area contributed by atoms with E-state index >= 15 is 0 Å². The van der Waals surface area contributed by atoms with Crippen molar-refractivity contribution in [3.8, 4) is 6.07 Å². The Morgan fingerprint density at radius 1 is 1.19 bits per heavy atom. The number of thiophene rings is 1. The van der Waals surface area contributed by atoms with Crippen molar-refractivity contribution in [1.29, 1.82) is 5.26 Å². The van der Waals surface area contributed by atoms with Gasteiger partial charge in [0, 0.05) is 18.0 Å². The van der Waals surface area contributed by atoms with Crippen LogP contribution in [0.1, 0.15) is 45.6 Å². The maximum atomic E-state index is 13.0. The summed E-state index contributed by atoms with van der Waals surface area (Å²) in [6.07, 6.45) is 2.67. The summed E-state index contributed by atoms with van der Waals surface area (Å²) in [5.41, 5.74) is 1.34. The molecule has 0 unspecified atom stereocenters. The maximum absolute atomic E-state index is 13.0. The van der Waals surface area contributed by atoms with E-state index in [2.05, 4.69) is 11.4 Å². The number of benzene rings is 1. The molecular weight excluding hydrogens is 382 g/mol. The molecule has 2 aromatic rings. The zero-order chi connectivity index (χ0) is 19.6. The van der Waals surface area contributed by atoms with Crippen LogP contribution in [0.25, 0.3) is 0 Å². The normalized spacial score (nSPS) is 15.3. The highest BCUT2D eigenvalue weighted by Crippen LogP contribution is 2.32. The van der Waals surface area contributed by atoms with Crippen LogP contribution in [0.5, 0.6) is 0 Å². The summed E-state index contributed by atoms with van der Waals surface area (Å²) < 4.78 is 27.5. The summed E-state index contributed by atoms with van der Waals surface area (Å²) in [6, 6.07) is 8.34. The molecule has 27 heavy (non-hydrogen) atoms. The first-order valence-electron chi connectivity index (χ1n) is 8.77. The molecular formula is C19H21N3O3S2. The lowest BCUT2D eigenvalue weighted by Crippen LogP contribution is -2.36. The van der Waals surface area contributed by atoms with E-state index in [1.165, 1.54) is 27.8 Å². The average Bonchev–Trinajstić information content (AvgIpc) is 2.95. The number of amides is 1. The van der Waals surface area contributed by atoms with E-state index in [4.69, 9.17) is 0 Å². The number of carbonyl (C=O) groups excluding carboxylic acids is 1. The van der Waals surface area contributed by atoms with E-state index in [-0.39, 0.29) is 10.5 Å². The second-order valence-corrected chi connectivity index (χ2v) is 9.65. The number of sulfonamides is 1. The Bertz CT molecular complexity index is 1010. The van der Waals surface area contributed by atoms with Crippen LogP contribution in [0.4, 0.5) is 5.00 Å². The molecule has 1 aromatic carbocycles. The molecule has 1 aliphatic heterocycles. The third kappa shape index (κ3) is 3.76. The molecule has 6 nitrogen and oxygen atoms in total. The molecule has 8 heteroatoms. The summed E-state index contributed by atoms with van der Waals surface area (Å²) in [4.78, 5) is 13.8. The number of carbonyl (C=O) groups is 1. The van der Waals surface area contributed by atoms with Crippen molar-refractivity contribution in [3.05, 3.63) is 45.8 Å². The van der Waals surface area contributed by atoms with Gasteiger partial charge in [-0.15, -0.1) is 11.3 Å². The summed E-state index contributed by atoms with van der Waals surface area (Å²) in [6.45, 7) is 4.65.